The van der Waals surface area contributed by atoms with Gasteiger partial charge in [0.15, 0.2) is 0 Å². The normalized spacial score (nSPS) is 17.9. The molecule has 2 rings (SSSR count). The first-order chi connectivity index (χ1) is 7.57. The molecule has 0 aromatic heterocycles. The zero-order valence-corrected chi connectivity index (χ0v) is 8.41. The molecule has 3 heteroatoms. The van der Waals surface area contributed by atoms with Gasteiger partial charge in [0.25, 0.3) is 0 Å². The van der Waals surface area contributed by atoms with Gasteiger partial charge >= 0.3 is 6.18 Å². The second kappa shape index (κ2) is 4.16. The van der Waals surface area contributed by atoms with E-state index in [4.69, 9.17) is 0 Å². The van der Waals surface area contributed by atoms with E-state index in [2.05, 4.69) is 0 Å². The minimum Gasteiger partial charge on any atom is -0.170 e. The van der Waals surface area contributed by atoms with E-state index in [-0.39, 0.29) is 5.92 Å². The van der Waals surface area contributed by atoms with Crippen LogP contribution in [0.2, 0.25) is 0 Å². The Kier molecular flexibility index (Phi) is 2.86. The van der Waals surface area contributed by atoms with Crippen LogP contribution >= 0.6 is 0 Å². The summed E-state index contributed by atoms with van der Waals surface area (Å²) < 4.78 is 37.0. The van der Waals surface area contributed by atoms with E-state index in [9.17, 15) is 13.2 Å². The third-order valence-electron chi connectivity index (χ3n) is 2.48. The van der Waals surface area contributed by atoms with Crippen molar-refractivity contribution in [2.75, 3.05) is 0 Å². The van der Waals surface area contributed by atoms with E-state index < -0.39 is 12.1 Å². The van der Waals surface area contributed by atoms with Gasteiger partial charge in [0.1, 0.15) is 5.92 Å². The van der Waals surface area contributed by atoms with Crippen molar-refractivity contribution in [3.63, 3.8) is 0 Å². The van der Waals surface area contributed by atoms with Crippen LogP contribution in [-0.4, -0.2) is 6.18 Å². The summed E-state index contributed by atoms with van der Waals surface area (Å²) in [5, 5.41) is 0. The van der Waals surface area contributed by atoms with Crippen LogP contribution in [0.4, 0.5) is 13.2 Å². The second-order valence-electron chi connectivity index (χ2n) is 3.61. The average molecular weight is 223 g/mol. The molecule has 0 spiro atoms. The Balaban J connectivity index is 2.13. The molecule has 0 atom stereocenters. The van der Waals surface area contributed by atoms with Gasteiger partial charge in [-0.15, -0.1) is 0 Å². The number of hydrogen-bond donors (Lipinski definition) is 0. The topological polar surface area (TPSA) is 0 Å². The van der Waals surface area contributed by atoms with E-state index in [0.717, 1.165) is 17.7 Å². The number of rotatable bonds is 1. The number of hydrogen-bond acceptors (Lipinski definition) is 0. The standard InChI is InChI=1S/C13H10F3/c14-13(15,16)12-8-6-11(7-9-12)10-4-2-1-3-5-10/h1-9,11H. The van der Waals surface area contributed by atoms with Gasteiger partial charge in [-0.3, -0.25) is 0 Å². The summed E-state index contributed by atoms with van der Waals surface area (Å²) in [5.74, 6) is -0.660. The Labute approximate surface area is 92.1 Å². The molecule has 83 valence electrons. The Hall–Kier alpha value is -1.51. The molecule has 0 saturated carbocycles. The minimum atomic E-state index is -4.26. The third kappa shape index (κ3) is 2.35. The smallest absolute Gasteiger partial charge is 0.170 e. The molecule has 16 heavy (non-hydrogen) atoms. The number of halogens is 3. The first-order valence-electron chi connectivity index (χ1n) is 4.93. The SMILES string of the molecule is FC(F)(F)[C]1C=CC(c2ccccc2)C=C1. The molecule has 1 aliphatic rings. The van der Waals surface area contributed by atoms with Crippen molar-refractivity contribution in [3.05, 3.63) is 66.1 Å². The van der Waals surface area contributed by atoms with Crippen LogP contribution in [0, 0.1) is 5.92 Å². The fourth-order valence-electron chi connectivity index (χ4n) is 1.62. The van der Waals surface area contributed by atoms with E-state index in [1.807, 2.05) is 30.3 Å². The van der Waals surface area contributed by atoms with Gasteiger partial charge in [-0.1, -0.05) is 54.6 Å². The molecule has 0 fully saturated rings. The van der Waals surface area contributed by atoms with E-state index in [1.165, 1.54) is 0 Å². The van der Waals surface area contributed by atoms with Gasteiger partial charge in [-0.05, 0) is 5.56 Å². The zero-order valence-electron chi connectivity index (χ0n) is 8.41. The Bertz CT molecular complexity index is 387. The van der Waals surface area contributed by atoms with Crippen LogP contribution in [0.3, 0.4) is 0 Å². The Morgan fingerprint density at radius 3 is 1.94 bits per heavy atom. The minimum absolute atomic E-state index is 0.0627. The van der Waals surface area contributed by atoms with Crippen LogP contribution in [-0.2, 0) is 0 Å². The molecular formula is C13H10F3. The number of alkyl halides is 3. The van der Waals surface area contributed by atoms with Gasteiger partial charge in [-0.2, -0.15) is 13.2 Å². The molecule has 0 amide bonds. The van der Waals surface area contributed by atoms with Crippen molar-refractivity contribution in [2.45, 2.75) is 12.1 Å². The number of benzene rings is 1. The van der Waals surface area contributed by atoms with Crippen LogP contribution < -0.4 is 0 Å². The molecular weight excluding hydrogens is 213 g/mol. The summed E-state index contributed by atoms with van der Waals surface area (Å²) in [6.07, 6.45) is 1.15. The molecule has 0 heterocycles. The lowest BCUT2D eigenvalue weighted by atomic mass is 9.90. The van der Waals surface area contributed by atoms with Gasteiger partial charge in [0, 0.05) is 5.92 Å². The highest BCUT2D eigenvalue weighted by molar-refractivity contribution is 5.39. The summed E-state index contributed by atoms with van der Waals surface area (Å²) >= 11 is 0. The summed E-state index contributed by atoms with van der Waals surface area (Å²) in [5.41, 5.74) is 0.997. The molecule has 1 radical (unpaired) electrons. The molecule has 1 aromatic carbocycles. The third-order valence-corrected chi connectivity index (χ3v) is 2.48. The van der Waals surface area contributed by atoms with Crippen LogP contribution in [0.1, 0.15) is 11.5 Å². The average Bonchev–Trinajstić information content (AvgIpc) is 2.29. The van der Waals surface area contributed by atoms with E-state index in [0.29, 0.717) is 0 Å². The molecule has 0 unspecified atom stereocenters. The lowest BCUT2D eigenvalue weighted by Gasteiger charge is -2.18. The van der Waals surface area contributed by atoms with Gasteiger partial charge in [0.2, 0.25) is 0 Å². The number of allylic oxidation sites excluding steroid dienone is 4. The monoisotopic (exact) mass is 223 g/mol. The summed E-state index contributed by atoms with van der Waals surface area (Å²) in [7, 11) is 0. The first-order valence-corrected chi connectivity index (χ1v) is 4.93. The van der Waals surface area contributed by atoms with Gasteiger partial charge in [-0.25, -0.2) is 0 Å². The molecule has 0 bridgehead atoms. The van der Waals surface area contributed by atoms with E-state index >= 15 is 0 Å². The maximum Gasteiger partial charge on any atom is 0.402 e. The van der Waals surface area contributed by atoms with E-state index in [1.54, 1.807) is 12.2 Å². The molecule has 0 nitrogen and oxygen atoms in total. The van der Waals surface area contributed by atoms with Crippen LogP contribution in [0.5, 0.6) is 0 Å². The van der Waals surface area contributed by atoms with Crippen molar-refractivity contribution >= 4 is 0 Å². The van der Waals surface area contributed by atoms with Crippen LogP contribution in [0.15, 0.2) is 54.6 Å². The summed E-state index contributed by atoms with van der Waals surface area (Å²) in [4.78, 5) is 0. The summed E-state index contributed by atoms with van der Waals surface area (Å²) in [6.45, 7) is 0. The first kappa shape index (κ1) is 11.0. The molecule has 1 aromatic rings. The zero-order chi connectivity index (χ0) is 11.6. The largest absolute Gasteiger partial charge is 0.402 e. The lowest BCUT2D eigenvalue weighted by molar-refractivity contribution is -0.103. The fraction of sp³-hybridized carbons (Fsp3) is 0.154. The maximum atomic E-state index is 12.3. The van der Waals surface area contributed by atoms with Crippen molar-refractivity contribution in [3.8, 4) is 0 Å². The van der Waals surface area contributed by atoms with Gasteiger partial charge in [0.05, 0.1) is 0 Å². The highest BCUT2D eigenvalue weighted by atomic mass is 19.4. The van der Waals surface area contributed by atoms with Crippen molar-refractivity contribution in [2.24, 2.45) is 0 Å². The fourth-order valence-corrected chi connectivity index (χ4v) is 1.62. The Morgan fingerprint density at radius 1 is 0.875 bits per heavy atom. The Morgan fingerprint density at radius 2 is 1.44 bits per heavy atom. The molecule has 0 N–H and O–H groups in total. The predicted octanol–water partition coefficient (Wildman–Crippen LogP) is 4.03. The highest BCUT2D eigenvalue weighted by Crippen LogP contribution is 2.35. The quantitative estimate of drug-likeness (QED) is 0.674. The van der Waals surface area contributed by atoms with Gasteiger partial charge < -0.3 is 0 Å². The highest BCUT2D eigenvalue weighted by Gasteiger charge is 2.37. The maximum absolute atomic E-state index is 12.3. The second-order valence-corrected chi connectivity index (χ2v) is 3.61. The van der Waals surface area contributed by atoms with Crippen LogP contribution in [0.25, 0.3) is 0 Å². The molecule has 0 saturated heterocycles. The van der Waals surface area contributed by atoms with Crippen molar-refractivity contribution < 1.29 is 13.2 Å². The molecule has 1 aliphatic carbocycles. The molecule has 0 aliphatic heterocycles. The van der Waals surface area contributed by atoms with Crippen molar-refractivity contribution in [1.29, 1.82) is 0 Å². The summed E-state index contributed by atoms with van der Waals surface area (Å²) in [6, 6.07) is 9.43. The lowest BCUT2D eigenvalue weighted by Crippen LogP contribution is -2.18. The van der Waals surface area contributed by atoms with Crippen molar-refractivity contribution in [1.82, 2.24) is 0 Å². The predicted molar refractivity (Wildman–Crippen MR) is 56.8 cm³/mol.